The monoisotopic (exact) mass is 579 g/mol. The summed E-state index contributed by atoms with van der Waals surface area (Å²) in [6.07, 6.45) is -2.05. The first-order valence-electron chi connectivity index (χ1n) is 13.9. The number of carbonyl (C=O) groups excluding carboxylic acids is 4. The molecule has 10 nitrogen and oxygen atoms in total. The van der Waals surface area contributed by atoms with Crippen LogP contribution in [0.15, 0.2) is 18.2 Å². The maximum atomic E-state index is 12.7. The Morgan fingerprint density at radius 3 is 1.71 bits per heavy atom. The first-order valence-corrected chi connectivity index (χ1v) is 13.9. The molecule has 0 saturated heterocycles. The van der Waals surface area contributed by atoms with Gasteiger partial charge in [0.2, 0.25) is 0 Å². The smallest absolute Gasteiger partial charge is 0.458 e. The minimum absolute atomic E-state index is 0.0501. The molecule has 2 N–H and O–H groups in total. The summed E-state index contributed by atoms with van der Waals surface area (Å²) in [4.78, 5) is 49.7. The summed E-state index contributed by atoms with van der Waals surface area (Å²) in [5.41, 5.74) is 5.85. The third kappa shape index (κ3) is 15.4. The predicted octanol–water partition coefficient (Wildman–Crippen LogP) is 5.76. The average molecular weight is 580 g/mol. The van der Waals surface area contributed by atoms with Crippen LogP contribution in [0.2, 0.25) is 0 Å². The van der Waals surface area contributed by atoms with Gasteiger partial charge < -0.3 is 29.4 Å². The van der Waals surface area contributed by atoms with Gasteiger partial charge in [-0.05, 0) is 54.2 Å². The Morgan fingerprint density at radius 2 is 1.22 bits per heavy atom. The summed E-state index contributed by atoms with van der Waals surface area (Å²) < 4.78 is 26.8. The number of esters is 3. The van der Waals surface area contributed by atoms with E-state index in [9.17, 15) is 19.2 Å². The third-order valence-corrected chi connectivity index (χ3v) is 5.43. The molecule has 10 heteroatoms. The van der Waals surface area contributed by atoms with Crippen LogP contribution in [0, 0.1) is 16.2 Å². The molecule has 0 spiro atoms. The number of benzene rings is 1. The summed E-state index contributed by atoms with van der Waals surface area (Å²) in [5.74, 6) is -1.51. The van der Waals surface area contributed by atoms with E-state index in [0.29, 0.717) is 5.56 Å². The van der Waals surface area contributed by atoms with Crippen LogP contribution in [0.5, 0.6) is 11.5 Å². The highest BCUT2D eigenvalue weighted by Crippen LogP contribution is 2.32. The molecule has 0 fully saturated rings. The molecule has 232 valence electrons. The Kier molecular flexibility index (Phi) is 12.8. The quantitative estimate of drug-likeness (QED) is 0.254. The predicted molar refractivity (Wildman–Crippen MR) is 154 cm³/mol. The van der Waals surface area contributed by atoms with E-state index in [2.05, 4.69) is 0 Å². The van der Waals surface area contributed by atoms with Gasteiger partial charge in [0.15, 0.2) is 11.5 Å². The molecule has 1 aromatic carbocycles. The van der Waals surface area contributed by atoms with E-state index in [1.165, 1.54) is 12.1 Å². The molecular weight excluding hydrogens is 530 g/mol. The molecule has 0 heterocycles. The topological polar surface area (TPSA) is 140 Å². The lowest BCUT2D eigenvalue weighted by Gasteiger charge is -2.23. The maximum absolute atomic E-state index is 12.7. The first-order chi connectivity index (χ1) is 18.5. The molecule has 0 aliphatic carbocycles. The molecule has 0 amide bonds. The highest BCUT2D eigenvalue weighted by atomic mass is 16.7. The molecular formula is C31H49NO9. The Bertz CT molecular complexity index is 1060. The molecule has 3 atom stereocenters. The van der Waals surface area contributed by atoms with Gasteiger partial charge in [0.1, 0.15) is 18.2 Å². The molecule has 1 aromatic rings. The standard InChI is InChI=1S/C31H49NO9/c1-19(20(2)39-28(36)37-18-31(9,10)11)38-27(35)22(32)14-21-12-13-23(40-25(33)16-29(3,4)5)24(15-21)41-26(34)17-30(6,7)8/h12-13,15,19-20,22H,14,16-18,32H2,1-11H3/t19-,20-,22-/m0/s1. The number of hydrogen-bond donors (Lipinski definition) is 1. The summed E-state index contributed by atoms with van der Waals surface area (Å²) in [5, 5.41) is 0. The summed E-state index contributed by atoms with van der Waals surface area (Å²) in [6.45, 7) is 20.5. The van der Waals surface area contributed by atoms with Crippen LogP contribution in [0.1, 0.15) is 94.6 Å². The number of rotatable bonds is 11. The van der Waals surface area contributed by atoms with Crippen LogP contribution < -0.4 is 15.2 Å². The molecule has 0 aliphatic heterocycles. The van der Waals surface area contributed by atoms with Crippen LogP contribution in [-0.4, -0.2) is 48.9 Å². The van der Waals surface area contributed by atoms with Crippen molar-refractivity contribution in [1.29, 1.82) is 0 Å². The third-order valence-electron chi connectivity index (χ3n) is 5.43. The van der Waals surface area contributed by atoms with E-state index < -0.39 is 42.3 Å². The maximum Gasteiger partial charge on any atom is 0.508 e. The fraction of sp³-hybridized carbons (Fsp3) is 0.677. The van der Waals surface area contributed by atoms with Crippen molar-refractivity contribution in [3.05, 3.63) is 23.8 Å². The lowest BCUT2D eigenvalue weighted by atomic mass is 9.92. The molecule has 0 bridgehead atoms. The number of carbonyl (C=O) groups is 4. The van der Waals surface area contributed by atoms with E-state index >= 15 is 0 Å². The lowest BCUT2D eigenvalue weighted by Crippen LogP contribution is -2.39. The molecule has 41 heavy (non-hydrogen) atoms. The Morgan fingerprint density at radius 1 is 0.732 bits per heavy atom. The highest BCUT2D eigenvalue weighted by molar-refractivity contribution is 5.78. The summed E-state index contributed by atoms with van der Waals surface area (Å²) in [7, 11) is 0. The van der Waals surface area contributed by atoms with Crippen LogP contribution in [0.4, 0.5) is 4.79 Å². The van der Waals surface area contributed by atoms with Crippen molar-refractivity contribution in [1.82, 2.24) is 0 Å². The first kappa shape index (κ1) is 35.9. The zero-order chi connectivity index (χ0) is 31.8. The molecule has 0 saturated carbocycles. The van der Waals surface area contributed by atoms with Crippen molar-refractivity contribution in [2.75, 3.05) is 6.61 Å². The van der Waals surface area contributed by atoms with Gasteiger partial charge in [0, 0.05) is 0 Å². The van der Waals surface area contributed by atoms with Crippen LogP contribution in [0.3, 0.4) is 0 Å². The van der Waals surface area contributed by atoms with Crippen molar-refractivity contribution in [2.24, 2.45) is 22.0 Å². The van der Waals surface area contributed by atoms with Crippen molar-refractivity contribution in [3.8, 4) is 11.5 Å². The second kappa shape index (κ2) is 14.7. The van der Waals surface area contributed by atoms with E-state index in [0.717, 1.165) is 0 Å². The molecule has 0 unspecified atom stereocenters. The minimum atomic E-state index is -1.06. The Labute approximate surface area is 244 Å². The number of hydrogen-bond acceptors (Lipinski definition) is 10. The van der Waals surface area contributed by atoms with Crippen LogP contribution >= 0.6 is 0 Å². The van der Waals surface area contributed by atoms with E-state index in [1.54, 1.807) is 19.9 Å². The molecule has 1 rings (SSSR count). The van der Waals surface area contributed by atoms with Gasteiger partial charge in [-0.2, -0.15) is 0 Å². The van der Waals surface area contributed by atoms with Gasteiger partial charge in [-0.25, -0.2) is 4.79 Å². The average Bonchev–Trinajstić information content (AvgIpc) is 2.76. The van der Waals surface area contributed by atoms with Crippen molar-refractivity contribution >= 4 is 24.1 Å². The fourth-order valence-corrected chi connectivity index (χ4v) is 3.29. The van der Waals surface area contributed by atoms with Gasteiger partial charge >= 0.3 is 24.1 Å². The summed E-state index contributed by atoms with van der Waals surface area (Å²) >= 11 is 0. The second-order valence-electron chi connectivity index (χ2n) is 14.1. The van der Waals surface area contributed by atoms with Gasteiger partial charge in [-0.1, -0.05) is 68.4 Å². The zero-order valence-corrected chi connectivity index (χ0v) is 26.5. The van der Waals surface area contributed by atoms with Gasteiger partial charge in [-0.3, -0.25) is 14.4 Å². The number of ether oxygens (including phenoxy) is 5. The van der Waals surface area contributed by atoms with E-state index in [4.69, 9.17) is 29.4 Å². The minimum Gasteiger partial charge on any atom is -0.458 e. The number of nitrogens with two attached hydrogens (primary N) is 1. The van der Waals surface area contributed by atoms with Gasteiger partial charge in [0.05, 0.1) is 19.4 Å². The van der Waals surface area contributed by atoms with Crippen molar-refractivity contribution in [3.63, 3.8) is 0 Å². The zero-order valence-electron chi connectivity index (χ0n) is 26.5. The molecule has 0 radical (unpaired) electrons. The molecule has 0 aliphatic rings. The normalized spacial score (nSPS) is 14.3. The van der Waals surface area contributed by atoms with E-state index in [-0.39, 0.29) is 53.6 Å². The van der Waals surface area contributed by atoms with E-state index in [1.807, 2.05) is 62.3 Å². The van der Waals surface area contributed by atoms with Crippen molar-refractivity contribution in [2.45, 2.75) is 114 Å². The lowest BCUT2D eigenvalue weighted by molar-refractivity contribution is -0.155. The summed E-state index contributed by atoms with van der Waals surface area (Å²) in [6, 6.07) is 3.60. The fourth-order valence-electron chi connectivity index (χ4n) is 3.29. The highest BCUT2D eigenvalue weighted by Gasteiger charge is 2.27. The van der Waals surface area contributed by atoms with Gasteiger partial charge in [0.25, 0.3) is 0 Å². The van der Waals surface area contributed by atoms with Gasteiger partial charge in [-0.15, -0.1) is 0 Å². The molecule has 0 aromatic heterocycles. The van der Waals surface area contributed by atoms with Crippen LogP contribution in [0.25, 0.3) is 0 Å². The second-order valence-corrected chi connectivity index (χ2v) is 14.1. The largest absolute Gasteiger partial charge is 0.508 e. The van der Waals surface area contributed by atoms with Crippen LogP contribution in [-0.2, 0) is 35.0 Å². The van der Waals surface area contributed by atoms with Crippen molar-refractivity contribution < 1.29 is 42.9 Å². The Hall–Kier alpha value is -3.14. The SMILES string of the molecule is C[C@H](OC(=O)OCC(C)(C)C)[C@H](C)OC(=O)[C@@H](N)Cc1ccc(OC(=O)CC(C)(C)C)c(OC(=O)CC(C)(C)C)c1. The Balaban J connectivity index is 2.94.